The normalized spacial score (nSPS) is 19.2. The van der Waals surface area contributed by atoms with Crippen LogP contribution in [0.15, 0.2) is 24.3 Å². The highest BCUT2D eigenvalue weighted by Gasteiger charge is 2.15. The Kier molecular flexibility index (Phi) is 5.83. The molecule has 0 aromatic heterocycles. The van der Waals surface area contributed by atoms with E-state index in [0.717, 1.165) is 45.8 Å². The van der Waals surface area contributed by atoms with Crippen LogP contribution in [-0.4, -0.2) is 37.2 Å². The summed E-state index contributed by atoms with van der Waals surface area (Å²) in [5, 5.41) is 3.60. The minimum Gasteiger partial charge on any atom is -0.380 e. The number of hydrogen-bond donors (Lipinski definition) is 1. The van der Waals surface area contributed by atoms with E-state index in [-0.39, 0.29) is 0 Å². The molecule has 1 saturated heterocycles. The lowest BCUT2D eigenvalue weighted by Crippen LogP contribution is -2.29. The van der Waals surface area contributed by atoms with Crippen LogP contribution in [0.1, 0.15) is 31.4 Å². The summed E-state index contributed by atoms with van der Waals surface area (Å²) in [6.45, 7) is 10.4. The Morgan fingerprint density at radius 3 is 2.58 bits per heavy atom. The fourth-order valence-electron chi connectivity index (χ4n) is 2.52. The van der Waals surface area contributed by atoms with E-state index in [4.69, 9.17) is 4.74 Å². The van der Waals surface area contributed by atoms with Crippen molar-refractivity contribution in [2.24, 2.45) is 0 Å². The third-order valence-electron chi connectivity index (χ3n) is 3.92. The maximum absolute atomic E-state index is 5.40. The molecule has 1 fully saturated rings. The van der Waals surface area contributed by atoms with E-state index in [1.165, 1.54) is 11.1 Å². The van der Waals surface area contributed by atoms with Crippen LogP contribution in [0, 0.1) is 0 Å². The van der Waals surface area contributed by atoms with Crippen LogP contribution in [0.2, 0.25) is 0 Å². The third kappa shape index (κ3) is 4.30. The second kappa shape index (κ2) is 7.63. The summed E-state index contributed by atoms with van der Waals surface area (Å²) in [5.74, 6) is 0. The third-order valence-corrected chi connectivity index (χ3v) is 3.92. The lowest BCUT2D eigenvalue weighted by Gasteiger charge is -2.21. The van der Waals surface area contributed by atoms with Crippen molar-refractivity contribution >= 4 is 0 Å². The summed E-state index contributed by atoms with van der Waals surface area (Å²) in [6.07, 6.45) is 1.14. The smallest absolute Gasteiger partial charge is 0.0620 e. The lowest BCUT2D eigenvalue weighted by molar-refractivity contribution is 0.189. The molecule has 0 saturated carbocycles. The number of ether oxygens (including phenoxy) is 1. The Balaban J connectivity index is 1.94. The summed E-state index contributed by atoms with van der Waals surface area (Å²) < 4.78 is 5.40. The van der Waals surface area contributed by atoms with Crippen LogP contribution in [-0.2, 0) is 17.8 Å². The highest BCUT2D eigenvalue weighted by atomic mass is 16.5. The average Bonchev–Trinajstić information content (AvgIpc) is 2.97. The van der Waals surface area contributed by atoms with Gasteiger partial charge in [0.05, 0.1) is 6.61 Å². The van der Waals surface area contributed by atoms with Crippen LogP contribution in [0.3, 0.4) is 0 Å². The van der Waals surface area contributed by atoms with Crippen molar-refractivity contribution in [3.8, 4) is 0 Å². The number of benzene rings is 1. The van der Waals surface area contributed by atoms with Gasteiger partial charge in [-0.1, -0.05) is 38.1 Å². The monoisotopic (exact) mass is 262 g/mol. The van der Waals surface area contributed by atoms with Gasteiger partial charge in [0.25, 0.3) is 0 Å². The zero-order valence-electron chi connectivity index (χ0n) is 12.2. The Labute approximate surface area is 116 Å². The largest absolute Gasteiger partial charge is 0.380 e. The van der Waals surface area contributed by atoms with E-state index in [1.807, 2.05) is 0 Å². The van der Waals surface area contributed by atoms with Gasteiger partial charge in [0.1, 0.15) is 0 Å². The molecule has 0 amide bonds. The molecule has 1 unspecified atom stereocenters. The van der Waals surface area contributed by atoms with E-state index >= 15 is 0 Å². The zero-order chi connectivity index (χ0) is 13.5. The van der Waals surface area contributed by atoms with Gasteiger partial charge in [-0.2, -0.15) is 0 Å². The number of hydrogen-bond acceptors (Lipinski definition) is 3. The molecule has 1 aromatic rings. The molecule has 1 aromatic carbocycles. The van der Waals surface area contributed by atoms with Crippen molar-refractivity contribution in [2.75, 3.05) is 26.3 Å². The predicted octanol–water partition coefficient (Wildman–Crippen LogP) is 2.41. The molecule has 106 valence electrons. The predicted molar refractivity (Wildman–Crippen MR) is 79.1 cm³/mol. The molecule has 0 aliphatic carbocycles. The highest BCUT2D eigenvalue weighted by Crippen LogP contribution is 2.13. The zero-order valence-corrected chi connectivity index (χ0v) is 12.2. The van der Waals surface area contributed by atoms with E-state index in [0.29, 0.717) is 6.04 Å². The summed E-state index contributed by atoms with van der Waals surface area (Å²) in [7, 11) is 0. The van der Waals surface area contributed by atoms with Crippen molar-refractivity contribution in [3.63, 3.8) is 0 Å². The van der Waals surface area contributed by atoms with Gasteiger partial charge in [0, 0.05) is 25.7 Å². The van der Waals surface area contributed by atoms with Gasteiger partial charge >= 0.3 is 0 Å². The van der Waals surface area contributed by atoms with Crippen LogP contribution in [0.25, 0.3) is 0 Å². The first kappa shape index (κ1) is 14.5. The maximum atomic E-state index is 5.40. The van der Waals surface area contributed by atoms with Crippen molar-refractivity contribution in [1.82, 2.24) is 10.2 Å². The Morgan fingerprint density at radius 2 is 1.95 bits per heavy atom. The first-order valence-corrected chi connectivity index (χ1v) is 7.43. The Morgan fingerprint density at radius 1 is 1.21 bits per heavy atom. The molecule has 3 nitrogen and oxygen atoms in total. The summed E-state index contributed by atoms with van der Waals surface area (Å²) in [6, 6.07) is 9.29. The van der Waals surface area contributed by atoms with Gasteiger partial charge in [0.2, 0.25) is 0 Å². The van der Waals surface area contributed by atoms with Crippen LogP contribution < -0.4 is 5.32 Å². The quantitative estimate of drug-likeness (QED) is 0.816. The van der Waals surface area contributed by atoms with Gasteiger partial charge in [-0.05, 0) is 30.6 Å². The molecular formula is C16H26N2O. The van der Waals surface area contributed by atoms with E-state index in [1.54, 1.807) is 0 Å². The molecule has 19 heavy (non-hydrogen) atoms. The molecule has 1 heterocycles. The Hall–Kier alpha value is -0.900. The fraction of sp³-hybridized carbons (Fsp3) is 0.625. The first-order chi connectivity index (χ1) is 9.33. The molecule has 1 aliphatic rings. The van der Waals surface area contributed by atoms with E-state index in [9.17, 15) is 0 Å². The standard InChI is InChI=1S/C16H26N2O/c1-3-18(4-2)12-15-8-6-5-7-14(15)11-17-16-9-10-19-13-16/h5-8,16-17H,3-4,9-13H2,1-2H3. The molecule has 3 heteroatoms. The van der Waals surface area contributed by atoms with Crippen LogP contribution in [0.4, 0.5) is 0 Å². The number of nitrogens with zero attached hydrogens (tertiary/aromatic N) is 1. The SMILES string of the molecule is CCN(CC)Cc1ccccc1CNC1CCOC1. The van der Waals surface area contributed by atoms with Gasteiger partial charge in [-0.3, -0.25) is 4.90 Å². The number of nitrogens with one attached hydrogen (secondary N) is 1. The topological polar surface area (TPSA) is 24.5 Å². The molecule has 1 atom stereocenters. The number of rotatable bonds is 7. The van der Waals surface area contributed by atoms with Crippen molar-refractivity contribution < 1.29 is 4.74 Å². The first-order valence-electron chi connectivity index (χ1n) is 7.43. The molecule has 0 radical (unpaired) electrons. The highest BCUT2D eigenvalue weighted by molar-refractivity contribution is 5.27. The maximum Gasteiger partial charge on any atom is 0.0620 e. The van der Waals surface area contributed by atoms with Gasteiger partial charge in [-0.25, -0.2) is 0 Å². The summed E-state index contributed by atoms with van der Waals surface area (Å²) in [4.78, 5) is 2.46. The molecule has 0 spiro atoms. The lowest BCUT2D eigenvalue weighted by atomic mass is 10.1. The van der Waals surface area contributed by atoms with Gasteiger partial charge < -0.3 is 10.1 Å². The van der Waals surface area contributed by atoms with E-state index < -0.39 is 0 Å². The second-order valence-electron chi connectivity index (χ2n) is 5.17. The Bertz CT molecular complexity index is 371. The van der Waals surface area contributed by atoms with Crippen molar-refractivity contribution in [2.45, 2.75) is 39.4 Å². The van der Waals surface area contributed by atoms with E-state index in [2.05, 4.69) is 48.3 Å². The molecular weight excluding hydrogens is 236 g/mol. The van der Waals surface area contributed by atoms with Gasteiger partial charge in [0.15, 0.2) is 0 Å². The summed E-state index contributed by atoms with van der Waals surface area (Å²) in [5.41, 5.74) is 2.86. The minimum absolute atomic E-state index is 0.529. The second-order valence-corrected chi connectivity index (χ2v) is 5.17. The minimum atomic E-state index is 0.529. The van der Waals surface area contributed by atoms with Crippen LogP contribution >= 0.6 is 0 Å². The molecule has 1 N–H and O–H groups in total. The van der Waals surface area contributed by atoms with Crippen LogP contribution in [0.5, 0.6) is 0 Å². The van der Waals surface area contributed by atoms with Crippen molar-refractivity contribution in [3.05, 3.63) is 35.4 Å². The van der Waals surface area contributed by atoms with Gasteiger partial charge in [-0.15, -0.1) is 0 Å². The van der Waals surface area contributed by atoms with Crippen molar-refractivity contribution in [1.29, 1.82) is 0 Å². The summed E-state index contributed by atoms with van der Waals surface area (Å²) >= 11 is 0. The molecule has 2 rings (SSSR count). The fourth-order valence-corrected chi connectivity index (χ4v) is 2.52. The molecule has 0 bridgehead atoms. The average molecular weight is 262 g/mol. The molecule has 1 aliphatic heterocycles.